The van der Waals surface area contributed by atoms with Gasteiger partial charge >= 0.3 is 0 Å². The number of hydrogen-bond donors (Lipinski definition) is 1. The van der Waals surface area contributed by atoms with Crippen LogP contribution in [0.25, 0.3) is 22.2 Å². The molecule has 182 valence electrons. The van der Waals surface area contributed by atoms with E-state index in [-0.39, 0.29) is 24.4 Å². The van der Waals surface area contributed by atoms with Crippen molar-refractivity contribution in [1.82, 2.24) is 15.2 Å². The summed E-state index contributed by atoms with van der Waals surface area (Å²) in [5.41, 5.74) is 3.96. The van der Waals surface area contributed by atoms with E-state index in [1.807, 2.05) is 99.0 Å². The van der Waals surface area contributed by atoms with Crippen LogP contribution >= 0.6 is 12.4 Å². The van der Waals surface area contributed by atoms with Crippen LogP contribution in [0.3, 0.4) is 0 Å². The molecule has 4 rings (SSSR count). The Morgan fingerprint density at radius 3 is 2.23 bits per heavy atom. The molecule has 0 aliphatic rings. The van der Waals surface area contributed by atoms with E-state index in [0.717, 1.165) is 35.0 Å². The molecular weight excluding hydrogens is 458 g/mol. The van der Waals surface area contributed by atoms with Gasteiger partial charge in [-0.3, -0.25) is 4.79 Å². The lowest BCUT2D eigenvalue weighted by atomic mass is 10.00. The Morgan fingerprint density at radius 2 is 1.57 bits per heavy atom. The largest absolute Gasteiger partial charge is 0.489 e. The van der Waals surface area contributed by atoms with Crippen LogP contribution in [0, 0.1) is 0 Å². The van der Waals surface area contributed by atoms with E-state index in [4.69, 9.17) is 9.72 Å². The Bertz CT molecular complexity index is 1250. The van der Waals surface area contributed by atoms with Gasteiger partial charge in [0.05, 0.1) is 17.1 Å². The lowest BCUT2D eigenvalue weighted by Crippen LogP contribution is -2.29. The number of likely N-dealkylation sites (N-methyl/N-ethyl adjacent to an activating group) is 1. The predicted molar refractivity (Wildman–Crippen MR) is 145 cm³/mol. The zero-order chi connectivity index (χ0) is 23.9. The lowest BCUT2D eigenvalue weighted by molar-refractivity contribution is 0.0933. The molecule has 1 N–H and O–H groups in total. The fraction of sp³-hybridized carbons (Fsp3) is 0.241. The molecular formula is C29H32ClN3O2. The Kier molecular flexibility index (Phi) is 9.24. The lowest BCUT2D eigenvalue weighted by Gasteiger charge is -2.22. The van der Waals surface area contributed by atoms with E-state index in [0.29, 0.717) is 23.6 Å². The molecule has 0 bridgehead atoms. The summed E-state index contributed by atoms with van der Waals surface area (Å²) >= 11 is 0. The van der Waals surface area contributed by atoms with Gasteiger partial charge in [-0.1, -0.05) is 85.8 Å². The van der Waals surface area contributed by atoms with E-state index in [2.05, 4.69) is 17.1 Å². The van der Waals surface area contributed by atoms with Gasteiger partial charge in [0.25, 0.3) is 5.91 Å². The second-order valence-electron chi connectivity index (χ2n) is 8.54. The van der Waals surface area contributed by atoms with Gasteiger partial charge in [0.2, 0.25) is 0 Å². The molecule has 35 heavy (non-hydrogen) atoms. The molecule has 0 radical (unpaired) electrons. The third-order valence-corrected chi connectivity index (χ3v) is 5.82. The Labute approximate surface area is 213 Å². The van der Waals surface area contributed by atoms with Crippen molar-refractivity contribution in [2.75, 3.05) is 27.2 Å². The summed E-state index contributed by atoms with van der Waals surface area (Å²) in [6, 6.07) is 27.6. The van der Waals surface area contributed by atoms with Crippen LogP contribution in [0.15, 0.2) is 84.9 Å². The molecule has 6 heteroatoms. The summed E-state index contributed by atoms with van der Waals surface area (Å²) < 4.78 is 6.32. The zero-order valence-electron chi connectivity index (χ0n) is 20.4. The first-order chi connectivity index (χ1) is 16.6. The number of benzene rings is 3. The van der Waals surface area contributed by atoms with Crippen LogP contribution in [0.4, 0.5) is 0 Å². The number of halogens is 1. The van der Waals surface area contributed by atoms with Gasteiger partial charge in [-0.25, -0.2) is 4.98 Å². The van der Waals surface area contributed by atoms with E-state index >= 15 is 0 Å². The van der Waals surface area contributed by atoms with Crippen molar-refractivity contribution in [3.63, 3.8) is 0 Å². The average Bonchev–Trinajstić information content (AvgIpc) is 2.87. The minimum atomic E-state index is -0.161. The number of para-hydroxylation sites is 1. The number of aromatic nitrogens is 1. The van der Waals surface area contributed by atoms with Gasteiger partial charge in [-0.15, -0.1) is 12.4 Å². The summed E-state index contributed by atoms with van der Waals surface area (Å²) in [5, 5.41) is 4.03. The smallest absolute Gasteiger partial charge is 0.256 e. The van der Waals surface area contributed by atoms with E-state index < -0.39 is 0 Å². The normalized spacial score (nSPS) is 11.7. The summed E-state index contributed by atoms with van der Waals surface area (Å²) in [7, 11) is 4.00. The first-order valence-electron chi connectivity index (χ1n) is 11.7. The molecule has 5 nitrogen and oxygen atoms in total. The van der Waals surface area contributed by atoms with Crippen molar-refractivity contribution >= 4 is 29.2 Å². The van der Waals surface area contributed by atoms with E-state index in [1.54, 1.807) is 0 Å². The highest BCUT2D eigenvalue weighted by molar-refractivity contribution is 6.10. The molecule has 1 amide bonds. The fourth-order valence-electron chi connectivity index (χ4n) is 4.02. The predicted octanol–water partition coefficient (Wildman–Crippen LogP) is 6.15. The third kappa shape index (κ3) is 6.18. The number of amides is 1. The Balaban J connectivity index is 0.00000342. The molecule has 3 aromatic carbocycles. The van der Waals surface area contributed by atoms with Crippen LogP contribution in [0.5, 0.6) is 5.75 Å². The van der Waals surface area contributed by atoms with Crippen molar-refractivity contribution in [3.05, 3.63) is 96.1 Å². The number of carbonyl (C=O) groups excluding carboxylic acids is 1. The summed E-state index contributed by atoms with van der Waals surface area (Å²) in [4.78, 5) is 20.9. The number of ether oxygens (including phenoxy) is 1. The second kappa shape index (κ2) is 12.3. The molecule has 1 aromatic heterocycles. The number of fused-ring (bicyclic) bond motifs is 1. The minimum absolute atomic E-state index is 0. The first-order valence-corrected chi connectivity index (χ1v) is 11.7. The van der Waals surface area contributed by atoms with Gasteiger partial charge in [0, 0.05) is 17.5 Å². The quantitative estimate of drug-likeness (QED) is 0.306. The van der Waals surface area contributed by atoms with Crippen LogP contribution in [0.1, 0.15) is 35.3 Å². The zero-order valence-corrected chi connectivity index (χ0v) is 21.2. The van der Waals surface area contributed by atoms with E-state index in [9.17, 15) is 4.79 Å². The summed E-state index contributed by atoms with van der Waals surface area (Å²) in [5.74, 6) is 0.360. The standard InChI is InChI=1S/C29H31N3O2.ClH/c1-4-24(21-13-7-5-8-14-21)31-29(33)26-23-17-11-12-18-25(23)30-27(22-15-9-6-10-16-22)28(26)34-20-19-32(2)3;/h5-18,24H,4,19-20H2,1-3H3,(H,31,33);1H. The molecule has 0 saturated heterocycles. The third-order valence-electron chi connectivity index (χ3n) is 5.82. The average molecular weight is 490 g/mol. The van der Waals surface area contributed by atoms with Crippen LogP contribution in [-0.4, -0.2) is 43.0 Å². The maximum atomic E-state index is 13.9. The molecule has 4 aromatic rings. The van der Waals surface area contributed by atoms with Gasteiger partial charge in [-0.05, 0) is 32.1 Å². The molecule has 1 atom stereocenters. The number of nitrogens with one attached hydrogen (secondary N) is 1. The Hall–Kier alpha value is -3.41. The Morgan fingerprint density at radius 1 is 0.943 bits per heavy atom. The number of carbonyl (C=O) groups is 1. The highest BCUT2D eigenvalue weighted by atomic mass is 35.5. The first kappa shape index (κ1) is 26.2. The van der Waals surface area contributed by atoms with Crippen molar-refractivity contribution in [2.45, 2.75) is 19.4 Å². The number of nitrogens with zero attached hydrogens (tertiary/aromatic N) is 2. The van der Waals surface area contributed by atoms with Crippen molar-refractivity contribution in [2.24, 2.45) is 0 Å². The van der Waals surface area contributed by atoms with Crippen LogP contribution in [-0.2, 0) is 0 Å². The van der Waals surface area contributed by atoms with E-state index in [1.165, 1.54) is 0 Å². The molecule has 1 unspecified atom stereocenters. The molecule has 0 aliphatic heterocycles. The van der Waals surface area contributed by atoms with Crippen LogP contribution in [0.2, 0.25) is 0 Å². The molecule has 0 aliphatic carbocycles. The monoisotopic (exact) mass is 489 g/mol. The fourth-order valence-corrected chi connectivity index (χ4v) is 4.02. The number of pyridine rings is 1. The second-order valence-corrected chi connectivity index (χ2v) is 8.54. The van der Waals surface area contributed by atoms with Gasteiger partial charge < -0.3 is 15.0 Å². The van der Waals surface area contributed by atoms with Gasteiger partial charge in [0.15, 0.2) is 5.75 Å². The summed E-state index contributed by atoms with van der Waals surface area (Å²) in [6.45, 7) is 3.25. The minimum Gasteiger partial charge on any atom is -0.489 e. The van der Waals surface area contributed by atoms with Crippen LogP contribution < -0.4 is 10.1 Å². The topological polar surface area (TPSA) is 54.5 Å². The van der Waals surface area contributed by atoms with Crippen molar-refractivity contribution in [1.29, 1.82) is 0 Å². The maximum absolute atomic E-state index is 13.9. The van der Waals surface area contributed by atoms with Crippen molar-refractivity contribution < 1.29 is 9.53 Å². The highest BCUT2D eigenvalue weighted by Crippen LogP contribution is 2.37. The SMILES string of the molecule is CCC(NC(=O)c1c(OCCN(C)C)c(-c2ccccc2)nc2ccccc12)c1ccccc1.Cl. The maximum Gasteiger partial charge on any atom is 0.256 e. The highest BCUT2D eigenvalue weighted by Gasteiger charge is 2.25. The van der Waals surface area contributed by atoms with Gasteiger partial charge in [-0.2, -0.15) is 0 Å². The molecule has 1 heterocycles. The molecule has 0 saturated carbocycles. The van der Waals surface area contributed by atoms with Gasteiger partial charge in [0.1, 0.15) is 12.3 Å². The molecule has 0 fully saturated rings. The molecule has 0 spiro atoms. The number of hydrogen-bond acceptors (Lipinski definition) is 4. The van der Waals surface area contributed by atoms with Crippen molar-refractivity contribution in [3.8, 4) is 17.0 Å². The summed E-state index contributed by atoms with van der Waals surface area (Å²) in [6.07, 6.45) is 0.779. The number of rotatable bonds is 9.